The summed E-state index contributed by atoms with van der Waals surface area (Å²) in [6.07, 6.45) is 0.840. The molecule has 0 fully saturated rings. The van der Waals surface area contributed by atoms with Gasteiger partial charge in [0.25, 0.3) is 11.5 Å². The Labute approximate surface area is 239 Å². The number of aliphatic carboxylic acids is 2. The van der Waals surface area contributed by atoms with Crippen LogP contribution in [0.4, 0.5) is 11.6 Å². The van der Waals surface area contributed by atoms with E-state index in [0.717, 1.165) is 0 Å². The van der Waals surface area contributed by atoms with E-state index in [2.05, 4.69) is 30.6 Å². The Morgan fingerprint density at radius 2 is 1.79 bits per heavy atom. The van der Waals surface area contributed by atoms with Crippen LogP contribution >= 0.6 is 0 Å². The molecule has 1 atom stereocenters. The molecule has 0 aliphatic rings. The van der Waals surface area contributed by atoms with Crippen molar-refractivity contribution < 1.29 is 86.6 Å². The molecule has 2 aromatic heterocycles. The second kappa shape index (κ2) is 13.4. The van der Waals surface area contributed by atoms with Crippen LogP contribution in [0.3, 0.4) is 0 Å². The predicted molar refractivity (Wildman–Crippen MR) is 114 cm³/mol. The standard InChI is InChI=1S/C19H19N7O6.2Na.2H/c20-19-25-15-14(17(30)26-19)23-11(8-22-15)7-21-10-3-1-9(2-4-10)16(29)24-12(18(31)32)5-6-13(27)28;;;;/h1-4,8,12,21H,5-7H2,(H,24,29)(H,27,28)(H,31,32)(H3,20,22,25,26,30);;;;/q;2*+1;2*-1/t12-;;;;/m0..../s1. The molecule has 0 aliphatic carbocycles. The third-order valence-electron chi connectivity index (χ3n) is 4.36. The van der Waals surface area contributed by atoms with Gasteiger partial charge in [0.15, 0.2) is 11.2 Å². The number of aromatic nitrogens is 4. The second-order valence-electron chi connectivity index (χ2n) is 6.71. The summed E-state index contributed by atoms with van der Waals surface area (Å²) in [4.78, 5) is 60.6. The van der Waals surface area contributed by atoms with Gasteiger partial charge in [-0.05, 0) is 30.7 Å². The van der Waals surface area contributed by atoms with E-state index in [1.54, 1.807) is 12.1 Å². The van der Waals surface area contributed by atoms with Crippen molar-refractivity contribution in [3.8, 4) is 0 Å². The molecule has 2 heterocycles. The normalized spacial score (nSPS) is 10.9. The van der Waals surface area contributed by atoms with E-state index in [9.17, 15) is 19.2 Å². The summed E-state index contributed by atoms with van der Waals surface area (Å²) in [6, 6.07) is 4.86. The zero-order valence-corrected chi connectivity index (χ0v) is 22.5. The zero-order valence-electron chi connectivity index (χ0n) is 20.5. The van der Waals surface area contributed by atoms with E-state index in [4.69, 9.17) is 15.9 Å². The molecule has 0 radical (unpaired) electrons. The van der Waals surface area contributed by atoms with Crippen LogP contribution in [-0.2, 0) is 16.1 Å². The van der Waals surface area contributed by atoms with Crippen LogP contribution in [0.2, 0.25) is 0 Å². The summed E-state index contributed by atoms with van der Waals surface area (Å²) < 4.78 is 0. The maximum atomic E-state index is 12.3. The number of carboxylic acid groups (broad SMARTS) is 2. The van der Waals surface area contributed by atoms with E-state index in [-0.39, 0.29) is 104 Å². The molecule has 0 spiro atoms. The SMILES string of the molecule is Nc1nc2ncc(CNc3ccc(C(=O)N[C@@H](CCC(=O)O)C(=O)O)cc3)nc2c(=O)[nH]1.[H-].[H-].[Na+].[Na+]. The molecule has 3 rings (SSSR count). The van der Waals surface area contributed by atoms with Crippen LogP contribution in [0, 0.1) is 0 Å². The number of anilines is 2. The quantitative estimate of drug-likeness (QED) is 0.156. The smallest absolute Gasteiger partial charge is 1.00 e. The first-order chi connectivity index (χ1) is 15.2. The fourth-order valence-electron chi connectivity index (χ4n) is 2.75. The number of benzene rings is 1. The van der Waals surface area contributed by atoms with Crippen LogP contribution in [0.1, 0.15) is 31.7 Å². The van der Waals surface area contributed by atoms with Crippen molar-refractivity contribution in [2.45, 2.75) is 25.4 Å². The number of nitrogen functional groups attached to an aromatic ring is 1. The number of carbonyl (C=O) groups excluding carboxylic acids is 1. The van der Waals surface area contributed by atoms with Gasteiger partial charge in [-0.15, -0.1) is 0 Å². The minimum atomic E-state index is -1.31. The van der Waals surface area contributed by atoms with E-state index >= 15 is 0 Å². The molecule has 170 valence electrons. The number of hydrogen-bond donors (Lipinski definition) is 6. The number of carbonyl (C=O) groups is 3. The molecule has 0 aliphatic heterocycles. The largest absolute Gasteiger partial charge is 1.00 e. The second-order valence-corrected chi connectivity index (χ2v) is 6.71. The molecule has 1 amide bonds. The summed E-state index contributed by atoms with van der Waals surface area (Å²) in [7, 11) is 0. The number of hydrogen-bond acceptors (Lipinski definition) is 9. The summed E-state index contributed by atoms with van der Waals surface area (Å²) in [5.74, 6) is -3.16. The average Bonchev–Trinajstić information content (AvgIpc) is 2.75. The molecular formula is C19H21N7Na2O6. The monoisotopic (exact) mass is 489 g/mol. The number of rotatable bonds is 9. The fourth-order valence-corrected chi connectivity index (χ4v) is 2.75. The molecule has 0 saturated heterocycles. The zero-order chi connectivity index (χ0) is 23.3. The van der Waals surface area contributed by atoms with Gasteiger partial charge in [-0.25, -0.2) is 14.8 Å². The van der Waals surface area contributed by atoms with Crippen molar-refractivity contribution in [1.29, 1.82) is 0 Å². The Balaban J connectivity index is 0. The van der Waals surface area contributed by atoms with Crippen molar-refractivity contribution in [2.24, 2.45) is 0 Å². The third kappa shape index (κ3) is 8.04. The number of fused-ring (bicyclic) bond motifs is 1. The number of nitrogens with one attached hydrogen (secondary N) is 3. The van der Waals surface area contributed by atoms with Crippen LogP contribution in [-0.4, -0.2) is 54.0 Å². The van der Waals surface area contributed by atoms with E-state index in [1.807, 2.05) is 0 Å². The van der Waals surface area contributed by atoms with E-state index < -0.39 is 29.4 Å². The van der Waals surface area contributed by atoms with Gasteiger partial charge in [0.05, 0.1) is 18.4 Å². The summed E-state index contributed by atoms with van der Waals surface area (Å²) >= 11 is 0. The van der Waals surface area contributed by atoms with Gasteiger partial charge in [0, 0.05) is 17.7 Å². The van der Waals surface area contributed by atoms with Gasteiger partial charge < -0.3 is 29.4 Å². The van der Waals surface area contributed by atoms with Gasteiger partial charge in [-0.1, -0.05) is 0 Å². The molecule has 13 nitrogen and oxygen atoms in total. The van der Waals surface area contributed by atoms with Crippen molar-refractivity contribution >= 4 is 40.6 Å². The van der Waals surface area contributed by atoms with Gasteiger partial charge in [0.1, 0.15) is 6.04 Å². The van der Waals surface area contributed by atoms with Crippen LogP contribution < -0.4 is 81.0 Å². The maximum absolute atomic E-state index is 12.3. The van der Waals surface area contributed by atoms with Crippen molar-refractivity contribution in [3.05, 3.63) is 52.1 Å². The number of amides is 1. The Morgan fingerprint density at radius 3 is 2.41 bits per heavy atom. The number of nitrogens with two attached hydrogens (primary N) is 1. The van der Waals surface area contributed by atoms with Crippen LogP contribution in [0.5, 0.6) is 0 Å². The number of nitrogens with zero attached hydrogens (tertiary/aromatic N) is 3. The first-order valence-electron chi connectivity index (χ1n) is 9.33. The van der Waals surface area contributed by atoms with Crippen molar-refractivity contribution in [1.82, 2.24) is 25.3 Å². The van der Waals surface area contributed by atoms with Crippen LogP contribution in [0.15, 0.2) is 35.3 Å². The first kappa shape index (κ1) is 29.5. The summed E-state index contributed by atoms with van der Waals surface area (Å²) in [5, 5.41) is 23.2. The first-order valence-corrected chi connectivity index (χ1v) is 9.33. The topological polar surface area (TPSA) is 213 Å². The van der Waals surface area contributed by atoms with Crippen molar-refractivity contribution in [2.75, 3.05) is 11.1 Å². The Morgan fingerprint density at radius 1 is 1.12 bits per heavy atom. The van der Waals surface area contributed by atoms with Crippen molar-refractivity contribution in [3.63, 3.8) is 0 Å². The minimum absolute atomic E-state index is 0. The molecule has 7 N–H and O–H groups in total. The summed E-state index contributed by atoms with van der Waals surface area (Å²) in [6.45, 7) is 0.231. The maximum Gasteiger partial charge on any atom is 1.00 e. The summed E-state index contributed by atoms with van der Waals surface area (Å²) in [5.41, 5.74) is 6.47. The number of aromatic amines is 1. The van der Waals surface area contributed by atoms with Gasteiger partial charge in [0.2, 0.25) is 5.95 Å². The predicted octanol–water partition coefficient (Wildman–Crippen LogP) is -5.81. The van der Waals surface area contributed by atoms with E-state index in [1.165, 1.54) is 18.3 Å². The fraction of sp³-hybridized carbons (Fsp3) is 0.211. The molecule has 15 heteroatoms. The molecule has 1 aromatic carbocycles. The Hall–Kier alpha value is -2.55. The molecular weight excluding hydrogens is 468 g/mol. The molecule has 0 saturated carbocycles. The molecule has 34 heavy (non-hydrogen) atoms. The molecule has 0 bridgehead atoms. The van der Waals surface area contributed by atoms with Gasteiger partial charge >= 0.3 is 71.1 Å². The Kier molecular flexibility index (Phi) is 11.6. The molecule has 3 aromatic rings. The Bertz CT molecular complexity index is 1250. The minimum Gasteiger partial charge on any atom is -1.00 e. The van der Waals surface area contributed by atoms with Gasteiger partial charge in [-0.3, -0.25) is 19.4 Å². The third-order valence-corrected chi connectivity index (χ3v) is 4.36. The number of carboxylic acids is 2. The average molecular weight is 489 g/mol. The van der Waals surface area contributed by atoms with Gasteiger partial charge in [-0.2, -0.15) is 4.98 Å². The van der Waals surface area contributed by atoms with Crippen LogP contribution in [0.25, 0.3) is 11.2 Å². The molecule has 0 unspecified atom stereocenters. The number of H-pyrrole nitrogens is 1. The van der Waals surface area contributed by atoms with E-state index in [0.29, 0.717) is 11.4 Å².